The first-order valence-electron chi connectivity index (χ1n) is 6.87. The number of allylic oxidation sites excluding steroid dienone is 2. The van der Waals surface area contributed by atoms with Crippen LogP contribution in [0.15, 0.2) is 12.2 Å². The molecule has 2 aliphatic rings. The highest BCUT2D eigenvalue weighted by Crippen LogP contribution is 2.41. The van der Waals surface area contributed by atoms with E-state index < -0.39 is 0 Å². The van der Waals surface area contributed by atoms with Crippen LogP contribution in [-0.2, 0) is 4.79 Å². The van der Waals surface area contributed by atoms with Gasteiger partial charge in [0.2, 0.25) is 0 Å². The van der Waals surface area contributed by atoms with Gasteiger partial charge in [-0.1, -0.05) is 28.1 Å². The second-order valence-electron chi connectivity index (χ2n) is 6.06. The first-order chi connectivity index (χ1) is 7.98. The van der Waals surface area contributed by atoms with E-state index in [1.807, 2.05) is 0 Å². The van der Waals surface area contributed by atoms with Crippen molar-refractivity contribution in [1.29, 1.82) is 0 Å². The molecule has 0 aromatic heterocycles. The average Bonchev–Trinajstić information content (AvgIpc) is 2.29. The first-order valence-corrected chi connectivity index (χ1v) is 7.66. The summed E-state index contributed by atoms with van der Waals surface area (Å²) in [5, 5.41) is 0. The molecule has 0 bridgehead atoms. The van der Waals surface area contributed by atoms with E-state index in [0.717, 1.165) is 24.7 Å². The molecule has 1 saturated carbocycles. The Kier molecular flexibility index (Phi) is 4.12. The van der Waals surface area contributed by atoms with Gasteiger partial charge in [0, 0.05) is 10.2 Å². The normalized spacial score (nSPS) is 42.4. The van der Waals surface area contributed by atoms with E-state index in [9.17, 15) is 4.79 Å². The third kappa shape index (κ3) is 3.43. The maximum Gasteiger partial charge on any atom is 0.132 e. The Morgan fingerprint density at radius 2 is 1.88 bits per heavy atom. The van der Waals surface area contributed by atoms with Gasteiger partial charge >= 0.3 is 0 Å². The molecule has 0 amide bonds. The summed E-state index contributed by atoms with van der Waals surface area (Å²) in [5.41, 5.74) is 0. The quantitative estimate of drug-likeness (QED) is 0.542. The van der Waals surface area contributed by atoms with E-state index in [0.29, 0.717) is 11.7 Å². The molecule has 2 rings (SSSR count). The minimum atomic E-state index is 0.222. The standard InChI is InChI=1S/C15H23BrO/c1-11(17)12-3-5-13(6-4-12)14-7-9-15(2,16)10-8-14/h7,9,12-14H,3-6,8,10H2,1-2H3. The predicted molar refractivity (Wildman–Crippen MR) is 75.3 cm³/mol. The zero-order valence-corrected chi connectivity index (χ0v) is 12.5. The van der Waals surface area contributed by atoms with Crippen LogP contribution in [0.2, 0.25) is 0 Å². The molecule has 1 nitrogen and oxygen atoms in total. The summed E-state index contributed by atoms with van der Waals surface area (Å²) >= 11 is 3.74. The highest BCUT2D eigenvalue weighted by molar-refractivity contribution is 9.10. The molecule has 0 spiro atoms. The lowest BCUT2D eigenvalue weighted by Gasteiger charge is -2.35. The Bertz CT molecular complexity index is 311. The molecule has 0 heterocycles. The van der Waals surface area contributed by atoms with Crippen LogP contribution in [0, 0.1) is 17.8 Å². The van der Waals surface area contributed by atoms with Gasteiger partial charge < -0.3 is 0 Å². The molecule has 0 radical (unpaired) electrons. The maximum atomic E-state index is 11.3. The van der Waals surface area contributed by atoms with Crippen LogP contribution < -0.4 is 0 Å². The molecule has 0 aliphatic heterocycles. The van der Waals surface area contributed by atoms with Crippen molar-refractivity contribution < 1.29 is 4.79 Å². The first kappa shape index (κ1) is 13.3. The van der Waals surface area contributed by atoms with Crippen LogP contribution in [0.5, 0.6) is 0 Å². The fourth-order valence-corrected chi connectivity index (χ4v) is 3.68. The number of ketones is 1. The van der Waals surface area contributed by atoms with Crippen molar-refractivity contribution >= 4 is 21.7 Å². The van der Waals surface area contributed by atoms with Gasteiger partial charge in [-0.2, -0.15) is 0 Å². The van der Waals surface area contributed by atoms with Crippen molar-refractivity contribution in [3.05, 3.63) is 12.2 Å². The third-order valence-electron chi connectivity index (χ3n) is 4.61. The summed E-state index contributed by atoms with van der Waals surface area (Å²) < 4.78 is 0.222. The van der Waals surface area contributed by atoms with Crippen LogP contribution >= 0.6 is 15.9 Å². The Labute approximate surface area is 113 Å². The van der Waals surface area contributed by atoms with Gasteiger partial charge in [0.1, 0.15) is 5.78 Å². The lowest BCUT2D eigenvalue weighted by atomic mass is 9.71. The minimum Gasteiger partial charge on any atom is -0.300 e. The lowest BCUT2D eigenvalue weighted by molar-refractivity contribution is -0.122. The van der Waals surface area contributed by atoms with E-state index in [-0.39, 0.29) is 4.32 Å². The fraction of sp³-hybridized carbons (Fsp3) is 0.800. The molecule has 0 saturated heterocycles. The lowest BCUT2D eigenvalue weighted by Crippen LogP contribution is -2.27. The van der Waals surface area contributed by atoms with Crippen molar-refractivity contribution in [2.24, 2.45) is 17.8 Å². The monoisotopic (exact) mass is 298 g/mol. The molecular weight excluding hydrogens is 276 g/mol. The summed E-state index contributed by atoms with van der Waals surface area (Å²) in [6, 6.07) is 0. The van der Waals surface area contributed by atoms with Gasteiger partial charge in [-0.25, -0.2) is 0 Å². The van der Waals surface area contributed by atoms with E-state index in [4.69, 9.17) is 0 Å². The number of carbonyl (C=O) groups excluding carboxylic acids is 1. The van der Waals surface area contributed by atoms with Crippen molar-refractivity contribution in [1.82, 2.24) is 0 Å². The zero-order valence-electron chi connectivity index (χ0n) is 10.9. The molecule has 2 unspecified atom stereocenters. The molecule has 96 valence electrons. The summed E-state index contributed by atoms with van der Waals surface area (Å²) in [7, 11) is 0. The largest absolute Gasteiger partial charge is 0.300 e. The SMILES string of the molecule is CC(=O)C1CCC(C2C=CC(C)(Br)CC2)CC1. The van der Waals surface area contributed by atoms with E-state index >= 15 is 0 Å². The van der Waals surface area contributed by atoms with Gasteiger partial charge in [0.05, 0.1) is 0 Å². The van der Waals surface area contributed by atoms with E-state index in [1.165, 1.54) is 25.7 Å². The van der Waals surface area contributed by atoms with Crippen LogP contribution in [0.4, 0.5) is 0 Å². The number of rotatable bonds is 2. The Balaban J connectivity index is 1.88. The van der Waals surface area contributed by atoms with Crippen molar-refractivity contribution in [2.75, 3.05) is 0 Å². The van der Waals surface area contributed by atoms with Crippen molar-refractivity contribution in [2.45, 2.75) is 56.7 Å². The smallest absolute Gasteiger partial charge is 0.132 e. The zero-order chi connectivity index (χ0) is 12.5. The molecule has 0 N–H and O–H groups in total. The van der Waals surface area contributed by atoms with Crippen LogP contribution in [0.1, 0.15) is 52.4 Å². The molecule has 2 atom stereocenters. The molecular formula is C15H23BrO. The second kappa shape index (κ2) is 5.26. The van der Waals surface area contributed by atoms with Crippen molar-refractivity contribution in [3.63, 3.8) is 0 Å². The summed E-state index contributed by atoms with van der Waals surface area (Å²) in [5.74, 6) is 2.34. The van der Waals surface area contributed by atoms with Gasteiger partial charge in [-0.05, 0) is 64.2 Å². The van der Waals surface area contributed by atoms with Gasteiger partial charge in [0.15, 0.2) is 0 Å². The number of hydrogen-bond donors (Lipinski definition) is 0. The molecule has 17 heavy (non-hydrogen) atoms. The van der Waals surface area contributed by atoms with Crippen LogP contribution in [0.3, 0.4) is 0 Å². The topological polar surface area (TPSA) is 17.1 Å². The number of halogens is 1. The van der Waals surface area contributed by atoms with Gasteiger partial charge in [-0.15, -0.1) is 0 Å². The maximum absolute atomic E-state index is 11.3. The fourth-order valence-electron chi connectivity index (χ4n) is 3.30. The van der Waals surface area contributed by atoms with Crippen molar-refractivity contribution in [3.8, 4) is 0 Å². The van der Waals surface area contributed by atoms with Gasteiger partial charge in [0.25, 0.3) is 0 Å². The molecule has 1 fully saturated rings. The Hall–Kier alpha value is -0.110. The Morgan fingerprint density at radius 1 is 1.24 bits per heavy atom. The van der Waals surface area contributed by atoms with Gasteiger partial charge in [-0.3, -0.25) is 4.79 Å². The number of alkyl halides is 1. The van der Waals surface area contributed by atoms with E-state index in [1.54, 1.807) is 6.92 Å². The predicted octanol–water partition coefficient (Wildman–Crippen LogP) is 4.50. The average molecular weight is 299 g/mol. The number of carbonyl (C=O) groups is 1. The van der Waals surface area contributed by atoms with Crippen LogP contribution in [0.25, 0.3) is 0 Å². The Morgan fingerprint density at radius 3 is 2.35 bits per heavy atom. The highest BCUT2D eigenvalue weighted by Gasteiger charge is 2.31. The number of hydrogen-bond acceptors (Lipinski definition) is 1. The van der Waals surface area contributed by atoms with Crippen LogP contribution in [-0.4, -0.2) is 10.1 Å². The molecule has 0 aromatic rings. The summed E-state index contributed by atoms with van der Waals surface area (Å²) in [6.45, 7) is 3.99. The summed E-state index contributed by atoms with van der Waals surface area (Å²) in [4.78, 5) is 11.3. The third-order valence-corrected chi connectivity index (χ3v) is 5.27. The highest BCUT2D eigenvalue weighted by atomic mass is 79.9. The molecule has 2 heteroatoms. The second-order valence-corrected chi connectivity index (χ2v) is 7.87. The number of Topliss-reactive ketones (excluding diaryl/α,β-unsaturated/α-hetero) is 1. The van der Waals surface area contributed by atoms with E-state index in [2.05, 4.69) is 35.0 Å². The molecule has 0 aromatic carbocycles. The molecule has 2 aliphatic carbocycles. The minimum absolute atomic E-state index is 0.222. The summed E-state index contributed by atoms with van der Waals surface area (Å²) in [6.07, 6.45) is 12.0.